The van der Waals surface area contributed by atoms with Gasteiger partial charge < -0.3 is 4.90 Å². The van der Waals surface area contributed by atoms with E-state index >= 15 is 0 Å². The molecule has 1 aliphatic rings. The zero-order valence-electron chi connectivity index (χ0n) is 15.1. The summed E-state index contributed by atoms with van der Waals surface area (Å²) in [5.41, 5.74) is 0.905. The van der Waals surface area contributed by atoms with Crippen LogP contribution in [0.5, 0.6) is 0 Å². The highest BCUT2D eigenvalue weighted by atomic mass is 16.2. The summed E-state index contributed by atoms with van der Waals surface area (Å²) in [5, 5.41) is 12.2. The molecule has 1 amide bonds. The van der Waals surface area contributed by atoms with Crippen LogP contribution in [-0.4, -0.2) is 48.2 Å². The normalized spacial score (nSPS) is 17.9. The van der Waals surface area contributed by atoms with Crippen molar-refractivity contribution in [1.82, 2.24) is 29.7 Å². The van der Waals surface area contributed by atoms with Crippen molar-refractivity contribution in [3.63, 3.8) is 0 Å². The Bertz CT molecular complexity index is 832. The van der Waals surface area contributed by atoms with Gasteiger partial charge in [-0.25, -0.2) is 4.68 Å². The summed E-state index contributed by atoms with van der Waals surface area (Å²) in [5.74, 6) is -0.143. The third-order valence-electron chi connectivity index (χ3n) is 4.48. The molecule has 1 unspecified atom stereocenters. The Kier molecular flexibility index (Phi) is 4.45. The molecule has 8 nitrogen and oxygen atoms in total. The first-order chi connectivity index (χ1) is 11.8. The number of hydrogen-bond donors (Lipinski definition) is 0. The minimum Gasteiger partial charge on any atom is -0.332 e. The van der Waals surface area contributed by atoms with Crippen molar-refractivity contribution in [3.8, 4) is 0 Å². The van der Waals surface area contributed by atoms with E-state index in [0.717, 1.165) is 18.5 Å². The summed E-state index contributed by atoms with van der Waals surface area (Å²) in [4.78, 5) is 26.7. The van der Waals surface area contributed by atoms with Crippen LogP contribution in [0.2, 0.25) is 0 Å². The van der Waals surface area contributed by atoms with Crippen molar-refractivity contribution >= 4 is 5.91 Å². The number of hydrogen-bond acceptors (Lipinski definition) is 5. The SMILES string of the molecule is Cn1cc(C(=O)N2CCCC2Cn2nc(C(C)(C)C)ccc2=O)nn1. The molecule has 2 aromatic rings. The van der Waals surface area contributed by atoms with E-state index in [1.807, 2.05) is 0 Å². The molecule has 0 saturated carbocycles. The van der Waals surface area contributed by atoms with Crippen molar-refractivity contribution in [2.24, 2.45) is 7.05 Å². The second-order valence-corrected chi connectivity index (χ2v) is 7.56. The average Bonchev–Trinajstić information content (AvgIpc) is 3.16. The number of likely N-dealkylation sites (tertiary alicyclic amines) is 1. The Balaban J connectivity index is 1.82. The maximum absolute atomic E-state index is 12.7. The van der Waals surface area contributed by atoms with Crippen molar-refractivity contribution in [2.75, 3.05) is 6.54 Å². The fourth-order valence-corrected chi connectivity index (χ4v) is 3.06. The molecule has 25 heavy (non-hydrogen) atoms. The third kappa shape index (κ3) is 3.62. The van der Waals surface area contributed by atoms with Crippen molar-refractivity contribution in [1.29, 1.82) is 0 Å². The predicted molar refractivity (Wildman–Crippen MR) is 92.3 cm³/mol. The summed E-state index contributed by atoms with van der Waals surface area (Å²) in [6, 6.07) is 3.27. The van der Waals surface area contributed by atoms with E-state index in [2.05, 4.69) is 36.2 Å². The minimum absolute atomic E-state index is 0.0603. The summed E-state index contributed by atoms with van der Waals surface area (Å²) in [7, 11) is 1.73. The van der Waals surface area contributed by atoms with Gasteiger partial charge >= 0.3 is 0 Å². The number of nitrogens with zero attached hydrogens (tertiary/aromatic N) is 6. The first kappa shape index (κ1) is 17.3. The lowest BCUT2D eigenvalue weighted by molar-refractivity contribution is 0.0714. The Hall–Kier alpha value is -2.51. The van der Waals surface area contributed by atoms with Crippen LogP contribution < -0.4 is 5.56 Å². The first-order valence-corrected chi connectivity index (χ1v) is 8.51. The average molecular weight is 344 g/mol. The summed E-state index contributed by atoms with van der Waals surface area (Å²) < 4.78 is 2.99. The Morgan fingerprint density at radius 3 is 2.72 bits per heavy atom. The highest BCUT2D eigenvalue weighted by Crippen LogP contribution is 2.21. The van der Waals surface area contributed by atoms with E-state index in [1.165, 1.54) is 9.36 Å². The van der Waals surface area contributed by atoms with Gasteiger partial charge in [0.2, 0.25) is 0 Å². The van der Waals surface area contributed by atoms with Crippen LogP contribution in [-0.2, 0) is 19.0 Å². The molecule has 8 heteroatoms. The smallest absolute Gasteiger partial charge is 0.276 e. The molecule has 2 aromatic heterocycles. The van der Waals surface area contributed by atoms with Crippen LogP contribution in [0.1, 0.15) is 49.8 Å². The van der Waals surface area contributed by atoms with Crippen LogP contribution in [0.15, 0.2) is 23.1 Å². The monoisotopic (exact) mass is 344 g/mol. The molecule has 1 fully saturated rings. The molecule has 0 aromatic carbocycles. The molecule has 0 radical (unpaired) electrons. The van der Waals surface area contributed by atoms with Crippen LogP contribution in [0, 0.1) is 0 Å². The molecule has 3 heterocycles. The van der Waals surface area contributed by atoms with Gasteiger partial charge in [0.05, 0.1) is 24.5 Å². The Morgan fingerprint density at radius 1 is 1.32 bits per heavy atom. The molecular weight excluding hydrogens is 320 g/mol. The maximum Gasteiger partial charge on any atom is 0.276 e. The highest BCUT2D eigenvalue weighted by Gasteiger charge is 2.31. The lowest BCUT2D eigenvalue weighted by Crippen LogP contribution is -2.41. The van der Waals surface area contributed by atoms with Gasteiger partial charge in [0.25, 0.3) is 11.5 Å². The van der Waals surface area contributed by atoms with E-state index in [-0.39, 0.29) is 22.9 Å². The zero-order valence-corrected chi connectivity index (χ0v) is 15.1. The lowest BCUT2D eigenvalue weighted by atomic mass is 9.92. The van der Waals surface area contributed by atoms with Gasteiger partial charge in [0.15, 0.2) is 5.69 Å². The molecule has 0 N–H and O–H groups in total. The topological polar surface area (TPSA) is 85.9 Å². The van der Waals surface area contributed by atoms with E-state index in [4.69, 9.17) is 0 Å². The summed E-state index contributed by atoms with van der Waals surface area (Å²) in [6.07, 6.45) is 3.37. The number of aromatic nitrogens is 5. The van der Waals surface area contributed by atoms with Crippen LogP contribution in [0.4, 0.5) is 0 Å². The Labute approximate surface area is 146 Å². The third-order valence-corrected chi connectivity index (χ3v) is 4.48. The highest BCUT2D eigenvalue weighted by molar-refractivity contribution is 5.92. The van der Waals surface area contributed by atoms with Crippen LogP contribution in [0.25, 0.3) is 0 Å². The fraction of sp³-hybridized carbons (Fsp3) is 0.588. The Morgan fingerprint density at radius 2 is 2.08 bits per heavy atom. The molecule has 0 bridgehead atoms. The fourth-order valence-electron chi connectivity index (χ4n) is 3.06. The summed E-state index contributed by atoms with van der Waals surface area (Å²) in [6.45, 7) is 7.24. The molecule has 0 spiro atoms. The molecule has 0 aliphatic carbocycles. The van der Waals surface area contributed by atoms with E-state index in [9.17, 15) is 9.59 Å². The van der Waals surface area contributed by atoms with E-state index < -0.39 is 0 Å². The molecular formula is C17H24N6O2. The van der Waals surface area contributed by atoms with Gasteiger partial charge in [0.1, 0.15) is 0 Å². The second-order valence-electron chi connectivity index (χ2n) is 7.56. The van der Waals surface area contributed by atoms with Crippen LogP contribution >= 0.6 is 0 Å². The molecule has 1 aliphatic heterocycles. The van der Waals surface area contributed by atoms with Crippen molar-refractivity contribution < 1.29 is 4.79 Å². The maximum atomic E-state index is 12.7. The van der Waals surface area contributed by atoms with Crippen molar-refractivity contribution in [3.05, 3.63) is 40.1 Å². The number of aryl methyl sites for hydroxylation is 1. The van der Waals surface area contributed by atoms with E-state index in [0.29, 0.717) is 18.8 Å². The first-order valence-electron chi connectivity index (χ1n) is 8.51. The number of carbonyl (C=O) groups excluding carboxylic acids is 1. The molecule has 1 saturated heterocycles. The quantitative estimate of drug-likeness (QED) is 0.828. The largest absolute Gasteiger partial charge is 0.332 e. The van der Waals surface area contributed by atoms with Gasteiger partial charge in [-0.05, 0) is 18.9 Å². The van der Waals surface area contributed by atoms with Gasteiger partial charge in [0, 0.05) is 25.1 Å². The van der Waals surface area contributed by atoms with E-state index in [1.54, 1.807) is 30.3 Å². The standard InChI is InChI=1S/C17H24N6O2/c1-17(2,3)14-7-8-15(24)23(19-14)10-12-6-5-9-22(12)16(25)13-11-21(4)20-18-13/h7-8,11-12H,5-6,9-10H2,1-4H3. The number of rotatable bonds is 3. The van der Waals surface area contributed by atoms with Gasteiger partial charge in [-0.15, -0.1) is 5.10 Å². The van der Waals surface area contributed by atoms with Gasteiger partial charge in [-0.1, -0.05) is 26.0 Å². The van der Waals surface area contributed by atoms with Crippen LogP contribution in [0.3, 0.4) is 0 Å². The lowest BCUT2D eigenvalue weighted by Gasteiger charge is -2.25. The molecule has 134 valence electrons. The predicted octanol–water partition coefficient (Wildman–Crippen LogP) is 0.974. The second kappa shape index (κ2) is 6.42. The van der Waals surface area contributed by atoms with Gasteiger partial charge in [-0.2, -0.15) is 5.10 Å². The molecule has 3 rings (SSSR count). The zero-order chi connectivity index (χ0) is 18.2. The summed E-state index contributed by atoms with van der Waals surface area (Å²) >= 11 is 0. The minimum atomic E-state index is -0.146. The molecule has 1 atom stereocenters. The van der Waals surface area contributed by atoms with Crippen molar-refractivity contribution in [2.45, 2.75) is 51.6 Å². The number of carbonyl (C=O) groups is 1. The van der Waals surface area contributed by atoms with Gasteiger partial charge in [-0.3, -0.25) is 14.3 Å². The number of amides is 1.